The lowest BCUT2D eigenvalue weighted by atomic mass is 10.2. The second-order valence-electron chi connectivity index (χ2n) is 6.00. The van der Waals surface area contributed by atoms with E-state index in [-0.39, 0.29) is 11.7 Å². The smallest absolute Gasteiger partial charge is 0.226 e. The number of amides is 1. The molecule has 0 spiro atoms. The first-order valence-electron chi connectivity index (χ1n) is 8.62. The van der Waals surface area contributed by atoms with Crippen molar-refractivity contribution in [3.05, 3.63) is 63.3 Å². The molecule has 0 aliphatic carbocycles. The highest BCUT2D eigenvalue weighted by molar-refractivity contribution is 9.10. The summed E-state index contributed by atoms with van der Waals surface area (Å²) in [5.74, 6) is 0.0359. The monoisotopic (exact) mass is 508 g/mol. The van der Waals surface area contributed by atoms with Gasteiger partial charge in [-0.3, -0.25) is 4.79 Å². The lowest BCUT2D eigenvalue weighted by Gasteiger charge is -2.02. The summed E-state index contributed by atoms with van der Waals surface area (Å²) in [6.07, 6.45) is 0.902. The van der Waals surface area contributed by atoms with Crippen molar-refractivity contribution in [2.24, 2.45) is 0 Å². The number of benzene rings is 2. The molecule has 2 aromatic heterocycles. The quantitative estimate of drug-likeness (QED) is 0.248. The molecule has 2 aromatic carbocycles. The first-order chi connectivity index (χ1) is 14.1. The van der Waals surface area contributed by atoms with Gasteiger partial charge in [-0.1, -0.05) is 47.4 Å². The summed E-state index contributed by atoms with van der Waals surface area (Å²) in [7, 11) is 0. The maximum absolute atomic E-state index is 14.0. The molecule has 10 heteroatoms. The second kappa shape index (κ2) is 9.29. The number of fused-ring (bicyclic) bond motifs is 1. The molecule has 0 aliphatic heterocycles. The van der Waals surface area contributed by atoms with Crippen LogP contribution in [0.1, 0.15) is 17.0 Å². The van der Waals surface area contributed by atoms with Gasteiger partial charge in [0.25, 0.3) is 0 Å². The van der Waals surface area contributed by atoms with E-state index in [9.17, 15) is 9.18 Å². The summed E-state index contributed by atoms with van der Waals surface area (Å²) >= 11 is 7.45. The van der Waals surface area contributed by atoms with Crippen LogP contribution in [0.4, 0.5) is 9.52 Å². The Morgan fingerprint density at radius 2 is 2.00 bits per heavy atom. The summed E-state index contributed by atoms with van der Waals surface area (Å²) < 4.78 is 16.3. The summed E-state index contributed by atoms with van der Waals surface area (Å²) in [5, 5.41) is 12.2. The van der Waals surface area contributed by atoms with Crippen LogP contribution in [0, 0.1) is 5.82 Å². The van der Waals surface area contributed by atoms with Crippen LogP contribution < -0.4 is 5.32 Å². The highest BCUT2D eigenvalue weighted by Crippen LogP contribution is 2.30. The van der Waals surface area contributed by atoms with Crippen LogP contribution in [0.25, 0.3) is 10.2 Å². The van der Waals surface area contributed by atoms with Crippen molar-refractivity contribution in [2.45, 2.75) is 22.9 Å². The molecule has 0 atom stereocenters. The fourth-order valence-electron chi connectivity index (χ4n) is 2.55. The number of halogens is 2. The van der Waals surface area contributed by atoms with Gasteiger partial charge in [-0.2, -0.15) is 0 Å². The Hall–Kier alpha value is -1.88. The van der Waals surface area contributed by atoms with Crippen LogP contribution in [0.3, 0.4) is 0 Å². The largest absolute Gasteiger partial charge is 0.300 e. The van der Waals surface area contributed by atoms with Crippen molar-refractivity contribution in [1.29, 1.82) is 0 Å². The molecule has 0 saturated heterocycles. The molecule has 4 aromatic rings. The van der Waals surface area contributed by atoms with Crippen LogP contribution in [-0.4, -0.2) is 21.1 Å². The Labute approximate surface area is 186 Å². The Balaban J connectivity index is 1.29. The molecule has 0 bridgehead atoms. The summed E-state index contributed by atoms with van der Waals surface area (Å²) in [6.45, 7) is 0. The maximum Gasteiger partial charge on any atom is 0.226 e. The minimum absolute atomic E-state index is 0.130. The van der Waals surface area contributed by atoms with Gasteiger partial charge in [0.05, 0.1) is 19.7 Å². The van der Waals surface area contributed by atoms with Crippen molar-refractivity contribution in [2.75, 3.05) is 5.32 Å². The van der Waals surface area contributed by atoms with Gasteiger partial charge in [0.15, 0.2) is 4.34 Å². The number of anilines is 1. The lowest BCUT2D eigenvalue weighted by molar-refractivity contribution is -0.116. The highest BCUT2D eigenvalue weighted by Gasteiger charge is 2.12. The Bertz CT molecular complexity index is 1130. The molecule has 4 rings (SSSR count). The molecule has 0 fully saturated rings. The van der Waals surface area contributed by atoms with Gasteiger partial charge >= 0.3 is 0 Å². The molecule has 1 amide bonds. The molecule has 0 aliphatic rings. The van der Waals surface area contributed by atoms with Crippen molar-refractivity contribution < 1.29 is 9.18 Å². The summed E-state index contributed by atoms with van der Waals surface area (Å²) in [5.41, 5.74) is 1.54. The van der Waals surface area contributed by atoms with Gasteiger partial charge in [0.2, 0.25) is 11.0 Å². The third-order valence-corrected chi connectivity index (χ3v) is 7.67. The van der Waals surface area contributed by atoms with Crippen molar-refractivity contribution in [3.8, 4) is 0 Å². The van der Waals surface area contributed by atoms with E-state index < -0.39 is 0 Å². The number of rotatable bonds is 7. The molecule has 1 N–H and O–H groups in total. The van der Waals surface area contributed by atoms with Crippen LogP contribution in [0.15, 0.2) is 51.3 Å². The zero-order valence-corrected chi connectivity index (χ0v) is 18.9. The molecule has 0 saturated carbocycles. The molecular formula is C19H14BrFN4OS3. The highest BCUT2D eigenvalue weighted by atomic mass is 79.9. The van der Waals surface area contributed by atoms with Crippen LogP contribution in [0.5, 0.6) is 0 Å². The lowest BCUT2D eigenvalue weighted by Crippen LogP contribution is -2.12. The molecule has 5 nitrogen and oxygen atoms in total. The Kier molecular flexibility index (Phi) is 6.53. The fraction of sp³-hybridized carbons (Fsp3) is 0.158. The third-order valence-electron chi connectivity index (χ3n) is 3.94. The number of nitrogens with one attached hydrogen (secondary N) is 1. The number of thioether (sulfide) groups is 1. The minimum atomic E-state index is -0.270. The Morgan fingerprint density at radius 3 is 2.86 bits per heavy atom. The third kappa shape index (κ3) is 5.19. The van der Waals surface area contributed by atoms with E-state index in [0.29, 0.717) is 38.1 Å². The first kappa shape index (κ1) is 20.4. The number of aryl methyl sites for hydroxylation is 1. The van der Waals surface area contributed by atoms with Gasteiger partial charge in [0, 0.05) is 18.6 Å². The number of hydrogen-bond acceptors (Lipinski definition) is 7. The predicted octanol–water partition coefficient (Wildman–Crippen LogP) is 5.91. The van der Waals surface area contributed by atoms with Gasteiger partial charge in [-0.15, -0.1) is 21.5 Å². The molecule has 2 heterocycles. The standard InChI is InChI=1S/C19H14BrFN4OS3/c20-12-5-3-4-11(17(12)21)10-27-19-25-24-18(29-19)23-15(26)8-9-16-22-13-6-1-2-7-14(13)28-16/h1-7H,8-10H2,(H,23,24,26). The van der Waals surface area contributed by atoms with Crippen molar-refractivity contribution >= 4 is 71.6 Å². The van der Waals surface area contributed by atoms with Crippen LogP contribution >= 0.6 is 50.4 Å². The average Bonchev–Trinajstić information content (AvgIpc) is 3.34. The molecule has 0 unspecified atom stereocenters. The number of hydrogen-bond donors (Lipinski definition) is 1. The zero-order valence-electron chi connectivity index (χ0n) is 14.9. The van der Waals surface area contributed by atoms with Crippen LogP contribution in [0.2, 0.25) is 0 Å². The van der Waals surface area contributed by atoms with E-state index in [0.717, 1.165) is 15.2 Å². The van der Waals surface area contributed by atoms with Crippen molar-refractivity contribution in [3.63, 3.8) is 0 Å². The number of carbonyl (C=O) groups excluding carboxylic acids is 1. The number of para-hydroxylation sites is 1. The Morgan fingerprint density at radius 1 is 1.14 bits per heavy atom. The maximum atomic E-state index is 14.0. The molecule has 29 heavy (non-hydrogen) atoms. The number of aromatic nitrogens is 3. The van der Waals surface area contributed by atoms with E-state index >= 15 is 0 Å². The number of nitrogens with zero attached hydrogens (tertiary/aromatic N) is 3. The average molecular weight is 509 g/mol. The SMILES string of the molecule is O=C(CCc1nc2ccccc2s1)Nc1nnc(SCc2cccc(Br)c2F)s1. The summed E-state index contributed by atoms with van der Waals surface area (Å²) in [6, 6.07) is 13.1. The van der Waals surface area contributed by atoms with Crippen LogP contribution in [-0.2, 0) is 17.0 Å². The zero-order chi connectivity index (χ0) is 20.2. The fourth-order valence-corrected chi connectivity index (χ4v) is 5.66. The van der Waals surface area contributed by atoms with E-state index in [1.54, 1.807) is 29.5 Å². The topological polar surface area (TPSA) is 67.8 Å². The molecule has 148 valence electrons. The number of thiazole rings is 1. The van der Waals surface area contributed by atoms with Crippen molar-refractivity contribution in [1.82, 2.24) is 15.2 Å². The predicted molar refractivity (Wildman–Crippen MR) is 120 cm³/mol. The normalized spacial score (nSPS) is 11.1. The van der Waals surface area contributed by atoms with E-state index in [4.69, 9.17) is 0 Å². The first-order valence-corrected chi connectivity index (χ1v) is 12.0. The van der Waals surface area contributed by atoms with E-state index in [1.807, 2.05) is 24.3 Å². The molecule has 0 radical (unpaired) electrons. The van der Waals surface area contributed by atoms with Gasteiger partial charge in [-0.05, 0) is 39.7 Å². The van der Waals surface area contributed by atoms with Gasteiger partial charge in [-0.25, -0.2) is 9.37 Å². The number of carbonyl (C=O) groups is 1. The second-order valence-corrected chi connectivity index (χ2v) is 10.2. The van der Waals surface area contributed by atoms with E-state index in [2.05, 4.69) is 36.4 Å². The van der Waals surface area contributed by atoms with E-state index in [1.165, 1.54) is 23.1 Å². The van der Waals surface area contributed by atoms with Gasteiger partial charge in [0.1, 0.15) is 5.82 Å². The molecular weight excluding hydrogens is 495 g/mol. The van der Waals surface area contributed by atoms with Gasteiger partial charge < -0.3 is 5.32 Å². The summed E-state index contributed by atoms with van der Waals surface area (Å²) in [4.78, 5) is 16.8. The minimum Gasteiger partial charge on any atom is -0.300 e.